The zero-order valence-electron chi connectivity index (χ0n) is 18.4. The Hall–Kier alpha value is -3.52. The van der Waals surface area contributed by atoms with Crippen LogP contribution in [-0.2, 0) is 17.9 Å². The quantitative estimate of drug-likeness (QED) is 0.657. The van der Waals surface area contributed by atoms with E-state index in [0.717, 1.165) is 31.7 Å². The third-order valence-electron chi connectivity index (χ3n) is 5.84. The topological polar surface area (TPSA) is 87.5 Å². The summed E-state index contributed by atoms with van der Waals surface area (Å²) in [5, 5.41) is 3.33. The number of nitrogens with one attached hydrogen (secondary N) is 1. The summed E-state index contributed by atoms with van der Waals surface area (Å²) in [5.74, 6) is 0.257. The molecule has 0 aliphatic carbocycles. The van der Waals surface area contributed by atoms with Gasteiger partial charge in [0.1, 0.15) is 12.4 Å². The minimum absolute atomic E-state index is 0.0346. The van der Waals surface area contributed by atoms with Gasteiger partial charge < -0.3 is 15.1 Å². The number of likely N-dealkylation sites (N-methyl/N-ethyl adjacent to an activating group) is 1. The maximum absolute atomic E-state index is 12.7. The van der Waals surface area contributed by atoms with Crippen molar-refractivity contribution in [2.24, 2.45) is 0 Å². The van der Waals surface area contributed by atoms with Crippen LogP contribution in [0.5, 0.6) is 0 Å². The molecule has 0 unspecified atom stereocenters. The van der Waals surface area contributed by atoms with Crippen LogP contribution >= 0.6 is 0 Å². The normalized spacial score (nSPS) is 14.5. The molecule has 2 heterocycles. The molecular weight excluding hydrogens is 406 g/mol. The lowest BCUT2D eigenvalue weighted by Gasteiger charge is -2.32. The smallest absolute Gasteiger partial charge is 0.261 e. The van der Waals surface area contributed by atoms with Gasteiger partial charge >= 0.3 is 0 Å². The fraction of sp³-hybridized carbons (Fsp3) is 0.333. The number of aryl methyl sites for hydroxylation is 1. The molecule has 2 amide bonds. The molecule has 1 aliphatic heterocycles. The molecule has 0 atom stereocenters. The van der Waals surface area contributed by atoms with Crippen LogP contribution < -0.4 is 10.9 Å². The van der Waals surface area contributed by atoms with Gasteiger partial charge in [-0.3, -0.25) is 19.0 Å². The number of carbonyl (C=O) groups is 2. The van der Waals surface area contributed by atoms with Crippen molar-refractivity contribution in [2.75, 3.05) is 33.2 Å². The van der Waals surface area contributed by atoms with Crippen LogP contribution in [0.15, 0.2) is 53.3 Å². The van der Waals surface area contributed by atoms with Gasteiger partial charge in [0.15, 0.2) is 0 Å². The van der Waals surface area contributed by atoms with Crippen LogP contribution in [0.1, 0.15) is 21.7 Å². The maximum atomic E-state index is 12.7. The van der Waals surface area contributed by atoms with Gasteiger partial charge in [0.2, 0.25) is 5.91 Å². The number of aromatic nitrogens is 2. The largest absolute Gasteiger partial charge is 0.350 e. The molecule has 1 N–H and O–H groups in total. The summed E-state index contributed by atoms with van der Waals surface area (Å²) >= 11 is 0. The first kappa shape index (κ1) is 21.7. The first-order valence-corrected chi connectivity index (χ1v) is 10.7. The van der Waals surface area contributed by atoms with Gasteiger partial charge in [0.25, 0.3) is 11.5 Å². The summed E-state index contributed by atoms with van der Waals surface area (Å²) in [6.07, 6.45) is 0. The van der Waals surface area contributed by atoms with Gasteiger partial charge in [-0.15, -0.1) is 0 Å². The van der Waals surface area contributed by atoms with E-state index in [1.807, 2.05) is 23.1 Å². The van der Waals surface area contributed by atoms with E-state index in [4.69, 9.17) is 0 Å². The van der Waals surface area contributed by atoms with Crippen LogP contribution in [0.25, 0.3) is 10.9 Å². The Morgan fingerprint density at radius 2 is 1.69 bits per heavy atom. The lowest BCUT2D eigenvalue weighted by atomic mass is 10.1. The summed E-state index contributed by atoms with van der Waals surface area (Å²) in [4.78, 5) is 46.3. The number of para-hydroxylation sites is 1. The average Bonchev–Trinajstić information content (AvgIpc) is 2.81. The SMILES string of the molecule is Cc1nc2ccccc2c(=O)n1CC(=O)NCc1ccc(C(=O)N2CCN(C)CC2)cc1. The van der Waals surface area contributed by atoms with Crippen molar-refractivity contribution >= 4 is 22.7 Å². The highest BCUT2D eigenvalue weighted by molar-refractivity contribution is 5.94. The number of amides is 2. The number of hydrogen-bond donors (Lipinski definition) is 1. The molecule has 8 nitrogen and oxygen atoms in total. The summed E-state index contributed by atoms with van der Waals surface area (Å²) in [6.45, 7) is 5.16. The lowest BCUT2D eigenvalue weighted by molar-refractivity contribution is -0.121. The number of hydrogen-bond acceptors (Lipinski definition) is 5. The van der Waals surface area contributed by atoms with Crippen molar-refractivity contribution in [3.63, 3.8) is 0 Å². The molecular formula is C24H27N5O3. The van der Waals surface area contributed by atoms with E-state index in [2.05, 4.69) is 22.2 Å². The standard InChI is InChI=1S/C24H27N5O3/c1-17-26-21-6-4-3-5-20(21)24(32)29(17)16-22(30)25-15-18-7-9-19(10-8-18)23(31)28-13-11-27(2)12-14-28/h3-10H,11-16H2,1-2H3,(H,25,30). The van der Waals surface area contributed by atoms with Gasteiger partial charge in [0, 0.05) is 38.3 Å². The molecule has 32 heavy (non-hydrogen) atoms. The third kappa shape index (κ3) is 4.70. The zero-order chi connectivity index (χ0) is 22.7. The lowest BCUT2D eigenvalue weighted by Crippen LogP contribution is -2.47. The van der Waals surface area contributed by atoms with Crippen molar-refractivity contribution in [1.82, 2.24) is 24.7 Å². The number of fused-ring (bicyclic) bond motifs is 1. The summed E-state index contributed by atoms with van der Waals surface area (Å²) in [5.41, 5.74) is 1.93. The van der Waals surface area contributed by atoms with Crippen LogP contribution in [0, 0.1) is 6.92 Å². The number of rotatable bonds is 5. The van der Waals surface area contributed by atoms with Crippen LogP contribution in [-0.4, -0.2) is 64.4 Å². The molecule has 0 saturated carbocycles. The molecule has 1 aromatic heterocycles. The fourth-order valence-electron chi connectivity index (χ4n) is 3.82. The van der Waals surface area contributed by atoms with Crippen molar-refractivity contribution in [3.8, 4) is 0 Å². The highest BCUT2D eigenvalue weighted by atomic mass is 16.2. The number of nitrogens with zero attached hydrogens (tertiary/aromatic N) is 4. The molecule has 4 rings (SSSR count). The van der Waals surface area contributed by atoms with Crippen molar-refractivity contribution in [1.29, 1.82) is 0 Å². The van der Waals surface area contributed by atoms with Gasteiger partial charge in [-0.2, -0.15) is 0 Å². The number of benzene rings is 2. The van der Waals surface area contributed by atoms with E-state index >= 15 is 0 Å². The Kier molecular flexibility index (Phi) is 6.32. The second-order valence-corrected chi connectivity index (χ2v) is 8.14. The van der Waals surface area contributed by atoms with E-state index in [-0.39, 0.29) is 23.9 Å². The van der Waals surface area contributed by atoms with Gasteiger partial charge in [0.05, 0.1) is 10.9 Å². The maximum Gasteiger partial charge on any atom is 0.261 e. The molecule has 0 bridgehead atoms. The van der Waals surface area contributed by atoms with E-state index in [9.17, 15) is 14.4 Å². The molecule has 0 radical (unpaired) electrons. The predicted octanol–water partition coefficient (Wildman–Crippen LogP) is 1.41. The van der Waals surface area contributed by atoms with Gasteiger partial charge in [-0.1, -0.05) is 24.3 Å². The Morgan fingerprint density at radius 1 is 1.00 bits per heavy atom. The molecule has 0 spiro atoms. The predicted molar refractivity (Wildman–Crippen MR) is 122 cm³/mol. The summed E-state index contributed by atoms with van der Waals surface area (Å²) in [6, 6.07) is 14.4. The minimum Gasteiger partial charge on any atom is -0.350 e. The molecule has 3 aromatic rings. The van der Waals surface area contributed by atoms with Crippen molar-refractivity contribution in [3.05, 3.63) is 75.8 Å². The second-order valence-electron chi connectivity index (χ2n) is 8.14. The summed E-state index contributed by atoms with van der Waals surface area (Å²) < 4.78 is 1.38. The highest BCUT2D eigenvalue weighted by Gasteiger charge is 2.20. The van der Waals surface area contributed by atoms with Crippen molar-refractivity contribution < 1.29 is 9.59 Å². The molecule has 1 saturated heterocycles. The molecule has 1 fully saturated rings. The Balaban J connectivity index is 1.36. The van der Waals surface area contributed by atoms with E-state index in [1.54, 1.807) is 37.3 Å². The Labute approximate surface area is 186 Å². The number of carbonyl (C=O) groups excluding carboxylic acids is 2. The van der Waals surface area contributed by atoms with Crippen molar-refractivity contribution in [2.45, 2.75) is 20.0 Å². The van der Waals surface area contributed by atoms with Gasteiger partial charge in [-0.25, -0.2) is 4.98 Å². The molecule has 2 aromatic carbocycles. The van der Waals surface area contributed by atoms with Crippen LogP contribution in [0.4, 0.5) is 0 Å². The first-order valence-electron chi connectivity index (χ1n) is 10.7. The summed E-state index contributed by atoms with van der Waals surface area (Å²) in [7, 11) is 2.05. The molecule has 8 heteroatoms. The third-order valence-corrected chi connectivity index (χ3v) is 5.84. The highest BCUT2D eigenvalue weighted by Crippen LogP contribution is 2.11. The van der Waals surface area contributed by atoms with Crippen LogP contribution in [0.3, 0.4) is 0 Å². The van der Waals surface area contributed by atoms with E-state index in [1.165, 1.54) is 4.57 Å². The molecule has 1 aliphatic rings. The number of piperazine rings is 1. The van der Waals surface area contributed by atoms with Gasteiger partial charge in [-0.05, 0) is 43.8 Å². The fourth-order valence-corrected chi connectivity index (χ4v) is 3.82. The van der Waals surface area contributed by atoms with E-state index in [0.29, 0.717) is 28.8 Å². The minimum atomic E-state index is -0.273. The first-order chi connectivity index (χ1) is 15.4. The monoisotopic (exact) mass is 433 g/mol. The zero-order valence-corrected chi connectivity index (χ0v) is 18.4. The Morgan fingerprint density at radius 3 is 2.41 bits per heavy atom. The Bertz CT molecular complexity index is 1190. The average molecular weight is 434 g/mol. The second kappa shape index (κ2) is 9.32. The molecule has 166 valence electrons. The van der Waals surface area contributed by atoms with Crippen LogP contribution in [0.2, 0.25) is 0 Å². The van der Waals surface area contributed by atoms with E-state index < -0.39 is 0 Å².